The molecule has 1 aromatic heterocycles. The van der Waals surface area contributed by atoms with Gasteiger partial charge in [0.25, 0.3) is 5.91 Å². The molecule has 0 spiro atoms. The number of nitrogens with zero attached hydrogens (tertiary/aromatic N) is 4. The molecule has 1 N–H and O–H groups in total. The van der Waals surface area contributed by atoms with Gasteiger partial charge in [-0.15, -0.1) is 5.10 Å². The van der Waals surface area contributed by atoms with E-state index in [2.05, 4.69) is 15.5 Å². The zero-order valence-electron chi connectivity index (χ0n) is 13.8. The smallest absolute Gasteiger partial charge is 0.264 e. The second kappa shape index (κ2) is 7.23. The molecule has 1 aliphatic carbocycles. The number of hydrogen-bond donors (Lipinski definition) is 1. The van der Waals surface area contributed by atoms with Gasteiger partial charge in [0.1, 0.15) is 5.69 Å². The van der Waals surface area contributed by atoms with Gasteiger partial charge in [0.05, 0.1) is 22.8 Å². The van der Waals surface area contributed by atoms with Gasteiger partial charge >= 0.3 is 0 Å². The maximum absolute atomic E-state index is 12.2. The van der Waals surface area contributed by atoms with Crippen LogP contribution in [0.1, 0.15) is 37.8 Å². The van der Waals surface area contributed by atoms with E-state index in [9.17, 15) is 4.79 Å². The number of para-hydroxylation sites is 1. The van der Waals surface area contributed by atoms with Crippen LogP contribution in [0.25, 0.3) is 11.8 Å². The van der Waals surface area contributed by atoms with Crippen LogP contribution >= 0.6 is 11.8 Å². The molecule has 1 saturated heterocycles. The first-order valence-corrected chi connectivity index (χ1v) is 9.36. The van der Waals surface area contributed by atoms with Crippen molar-refractivity contribution in [3.05, 3.63) is 47.1 Å². The van der Waals surface area contributed by atoms with Crippen molar-refractivity contribution in [3.63, 3.8) is 0 Å². The van der Waals surface area contributed by atoms with E-state index in [0.29, 0.717) is 21.8 Å². The summed E-state index contributed by atoms with van der Waals surface area (Å²) in [5, 5.41) is 12.2. The molecule has 6 nitrogen and oxygen atoms in total. The maximum Gasteiger partial charge on any atom is 0.264 e. The fourth-order valence-electron chi connectivity index (χ4n) is 3.03. The molecule has 0 unspecified atom stereocenters. The minimum atomic E-state index is -0.117. The van der Waals surface area contributed by atoms with E-state index in [1.807, 2.05) is 30.3 Å². The van der Waals surface area contributed by atoms with Crippen molar-refractivity contribution in [1.82, 2.24) is 20.3 Å². The van der Waals surface area contributed by atoms with Gasteiger partial charge in [-0.05, 0) is 42.8 Å². The van der Waals surface area contributed by atoms with Crippen molar-refractivity contribution in [2.24, 2.45) is 4.99 Å². The molecule has 0 bridgehead atoms. The minimum Gasteiger partial charge on any atom is -0.301 e. The highest BCUT2D eigenvalue weighted by Crippen LogP contribution is 2.28. The number of nitrogens with one attached hydrogen (secondary N) is 1. The standard InChI is InChI=1S/C18H19N5OS/c24-17-16(25-18(21-17)20-13-7-3-1-4-8-13)11-14-12-19-23(22-14)15-9-5-2-6-10-15/h2,5-6,9-13H,1,3-4,7-8H2,(H,20,21,24)/b16-11+. The monoisotopic (exact) mass is 353 g/mol. The Hall–Kier alpha value is -2.41. The predicted molar refractivity (Wildman–Crippen MR) is 99.4 cm³/mol. The van der Waals surface area contributed by atoms with Gasteiger partial charge in [-0.3, -0.25) is 9.79 Å². The van der Waals surface area contributed by atoms with Crippen molar-refractivity contribution < 1.29 is 4.79 Å². The molecule has 4 rings (SSSR count). The van der Waals surface area contributed by atoms with E-state index in [1.165, 1.54) is 31.0 Å². The average Bonchev–Trinajstić information content (AvgIpc) is 3.24. The first kappa shape index (κ1) is 16.1. The van der Waals surface area contributed by atoms with E-state index >= 15 is 0 Å². The van der Waals surface area contributed by atoms with Gasteiger partial charge in [0.15, 0.2) is 5.17 Å². The summed E-state index contributed by atoms with van der Waals surface area (Å²) < 4.78 is 0. The van der Waals surface area contributed by atoms with Crippen molar-refractivity contribution in [3.8, 4) is 5.69 Å². The van der Waals surface area contributed by atoms with Crippen molar-refractivity contribution in [2.45, 2.75) is 38.1 Å². The normalized spacial score (nSPS) is 21.8. The topological polar surface area (TPSA) is 72.2 Å². The Morgan fingerprint density at radius 2 is 2.00 bits per heavy atom. The Labute approximate surface area is 150 Å². The molecular weight excluding hydrogens is 334 g/mol. The Kier molecular flexibility index (Phi) is 4.65. The summed E-state index contributed by atoms with van der Waals surface area (Å²) in [6.07, 6.45) is 9.40. The maximum atomic E-state index is 12.2. The van der Waals surface area contributed by atoms with Gasteiger partial charge in [0, 0.05) is 0 Å². The number of hydrogen-bond acceptors (Lipinski definition) is 5. The van der Waals surface area contributed by atoms with Gasteiger partial charge in [-0.2, -0.15) is 9.90 Å². The lowest BCUT2D eigenvalue weighted by Gasteiger charge is -2.17. The van der Waals surface area contributed by atoms with Crippen LogP contribution in [0.2, 0.25) is 0 Å². The van der Waals surface area contributed by atoms with Crippen LogP contribution in [0.5, 0.6) is 0 Å². The van der Waals surface area contributed by atoms with Gasteiger partial charge in [-0.1, -0.05) is 37.5 Å². The molecule has 7 heteroatoms. The Morgan fingerprint density at radius 1 is 1.20 bits per heavy atom. The van der Waals surface area contributed by atoms with Gasteiger partial charge < -0.3 is 5.32 Å². The third kappa shape index (κ3) is 3.82. The van der Waals surface area contributed by atoms with E-state index in [4.69, 9.17) is 4.99 Å². The Balaban J connectivity index is 1.49. The molecule has 1 saturated carbocycles. The number of rotatable bonds is 3. The molecule has 25 heavy (non-hydrogen) atoms. The number of aliphatic imine (C=N–C) groups is 1. The summed E-state index contributed by atoms with van der Waals surface area (Å²) in [6, 6.07) is 10.0. The summed E-state index contributed by atoms with van der Waals surface area (Å²) >= 11 is 1.39. The summed E-state index contributed by atoms with van der Waals surface area (Å²) in [4.78, 5) is 19.0. The highest BCUT2D eigenvalue weighted by atomic mass is 32.2. The second-order valence-electron chi connectivity index (χ2n) is 6.19. The Bertz CT molecular complexity index is 821. The van der Waals surface area contributed by atoms with Crippen molar-refractivity contribution >= 4 is 28.9 Å². The number of amidine groups is 1. The SMILES string of the molecule is O=C1NC(=NC2CCCCC2)S/C1=C/c1cnn(-c2ccccc2)n1. The molecule has 2 aliphatic rings. The van der Waals surface area contributed by atoms with Crippen LogP contribution in [0.4, 0.5) is 0 Å². The predicted octanol–water partition coefficient (Wildman–Crippen LogP) is 3.16. The van der Waals surface area contributed by atoms with E-state index in [0.717, 1.165) is 18.5 Å². The van der Waals surface area contributed by atoms with Crippen LogP contribution in [-0.4, -0.2) is 32.1 Å². The second-order valence-corrected chi connectivity index (χ2v) is 7.22. The lowest BCUT2D eigenvalue weighted by atomic mass is 9.96. The van der Waals surface area contributed by atoms with Crippen LogP contribution in [0, 0.1) is 0 Å². The third-order valence-corrected chi connectivity index (χ3v) is 5.23. The van der Waals surface area contributed by atoms with E-state index in [-0.39, 0.29) is 5.91 Å². The summed E-state index contributed by atoms with van der Waals surface area (Å²) in [6.45, 7) is 0. The number of thioether (sulfide) groups is 1. The van der Waals surface area contributed by atoms with Gasteiger partial charge in [0.2, 0.25) is 0 Å². The fraction of sp³-hybridized carbons (Fsp3) is 0.333. The molecule has 128 valence electrons. The molecule has 2 fully saturated rings. The minimum absolute atomic E-state index is 0.117. The third-order valence-electron chi connectivity index (χ3n) is 4.30. The number of benzene rings is 1. The van der Waals surface area contributed by atoms with E-state index < -0.39 is 0 Å². The number of carbonyl (C=O) groups is 1. The van der Waals surface area contributed by atoms with Crippen molar-refractivity contribution in [2.75, 3.05) is 0 Å². The largest absolute Gasteiger partial charge is 0.301 e. The molecule has 1 amide bonds. The zero-order chi connectivity index (χ0) is 17.1. The first-order valence-electron chi connectivity index (χ1n) is 8.54. The fourth-order valence-corrected chi connectivity index (χ4v) is 3.90. The molecule has 0 atom stereocenters. The number of aromatic nitrogens is 3. The molecule has 2 heterocycles. The first-order chi connectivity index (χ1) is 12.3. The number of carbonyl (C=O) groups excluding carboxylic acids is 1. The average molecular weight is 353 g/mol. The lowest BCUT2D eigenvalue weighted by molar-refractivity contribution is -0.115. The quantitative estimate of drug-likeness (QED) is 0.861. The van der Waals surface area contributed by atoms with Crippen LogP contribution in [-0.2, 0) is 4.79 Å². The molecule has 0 radical (unpaired) electrons. The van der Waals surface area contributed by atoms with Gasteiger partial charge in [-0.25, -0.2) is 0 Å². The van der Waals surface area contributed by atoms with Crippen LogP contribution in [0.3, 0.4) is 0 Å². The van der Waals surface area contributed by atoms with Crippen LogP contribution < -0.4 is 5.32 Å². The molecule has 2 aromatic rings. The van der Waals surface area contributed by atoms with E-state index in [1.54, 1.807) is 17.1 Å². The number of amides is 1. The summed E-state index contributed by atoms with van der Waals surface area (Å²) in [5.74, 6) is -0.117. The lowest BCUT2D eigenvalue weighted by Crippen LogP contribution is -2.22. The highest BCUT2D eigenvalue weighted by molar-refractivity contribution is 8.18. The molecule has 1 aromatic carbocycles. The molecular formula is C18H19N5OS. The highest BCUT2D eigenvalue weighted by Gasteiger charge is 2.25. The summed E-state index contributed by atoms with van der Waals surface area (Å²) in [7, 11) is 0. The summed E-state index contributed by atoms with van der Waals surface area (Å²) in [5.41, 5.74) is 1.54. The van der Waals surface area contributed by atoms with Crippen LogP contribution in [0.15, 0.2) is 46.4 Å². The van der Waals surface area contributed by atoms with Crippen molar-refractivity contribution in [1.29, 1.82) is 0 Å². The molecule has 1 aliphatic heterocycles. The zero-order valence-corrected chi connectivity index (χ0v) is 14.6. The Morgan fingerprint density at radius 3 is 2.80 bits per heavy atom.